The average Bonchev–Trinajstić information content (AvgIpc) is 2.70. The maximum Gasteiger partial charge on any atom is 0.309 e. The fraction of sp³-hybridized carbons (Fsp3) is 0.167. The molecular weight excluding hydrogens is 272 g/mol. The van der Waals surface area contributed by atoms with Crippen molar-refractivity contribution in [3.8, 4) is 0 Å². The smallest absolute Gasteiger partial charge is 0.309 e. The van der Waals surface area contributed by atoms with Crippen molar-refractivity contribution in [1.29, 1.82) is 0 Å². The maximum atomic E-state index is 10.6. The molecule has 1 aromatic carbocycles. The fourth-order valence-electron chi connectivity index (χ4n) is 1.45. The average molecular weight is 283 g/mol. The van der Waals surface area contributed by atoms with E-state index in [9.17, 15) is 4.79 Å². The van der Waals surface area contributed by atoms with Crippen molar-refractivity contribution in [2.75, 3.05) is 5.32 Å². The number of carboxylic acid groups (broad SMARTS) is 1. The number of rotatable bonds is 4. The largest absolute Gasteiger partial charge is 0.481 e. The van der Waals surface area contributed by atoms with Gasteiger partial charge in [-0.05, 0) is 24.6 Å². The molecule has 0 aliphatic carbocycles. The Morgan fingerprint density at radius 2 is 2.33 bits per heavy atom. The molecule has 1 heterocycles. The van der Waals surface area contributed by atoms with Crippen molar-refractivity contribution >= 4 is 39.7 Å². The summed E-state index contributed by atoms with van der Waals surface area (Å²) in [7, 11) is 0. The number of aryl methyl sites for hydroxylation is 1. The van der Waals surface area contributed by atoms with Gasteiger partial charge in [0.2, 0.25) is 0 Å². The van der Waals surface area contributed by atoms with E-state index >= 15 is 0 Å². The summed E-state index contributed by atoms with van der Waals surface area (Å²) in [5.41, 5.74) is 2.40. The van der Waals surface area contributed by atoms with E-state index in [1.54, 1.807) is 5.38 Å². The summed E-state index contributed by atoms with van der Waals surface area (Å²) >= 11 is 7.41. The van der Waals surface area contributed by atoms with Crippen molar-refractivity contribution in [3.05, 3.63) is 39.9 Å². The molecule has 0 fully saturated rings. The van der Waals surface area contributed by atoms with Crippen LogP contribution in [0.2, 0.25) is 5.02 Å². The zero-order chi connectivity index (χ0) is 13.1. The van der Waals surface area contributed by atoms with Crippen molar-refractivity contribution < 1.29 is 9.90 Å². The molecule has 1 aromatic heterocycles. The molecule has 6 heteroatoms. The van der Waals surface area contributed by atoms with Gasteiger partial charge in [-0.25, -0.2) is 4.98 Å². The number of carbonyl (C=O) groups is 1. The highest BCUT2D eigenvalue weighted by Crippen LogP contribution is 2.28. The lowest BCUT2D eigenvalue weighted by Crippen LogP contribution is -2.00. The lowest BCUT2D eigenvalue weighted by Gasteiger charge is -2.05. The number of thiazole rings is 1. The monoisotopic (exact) mass is 282 g/mol. The molecule has 0 amide bonds. The van der Waals surface area contributed by atoms with Gasteiger partial charge in [-0.2, -0.15) is 0 Å². The standard InChI is InChI=1S/C12H11ClN2O2S/c1-7-2-3-9(13)10(4-7)15-12-14-8(6-18-12)5-11(16)17/h2-4,6H,5H2,1H3,(H,14,15)(H,16,17). The van der Waals surface area contributed by atoms with Gasteiger partial charge in [0.05, 0.1) is 22.8 Å². The predicted octanol–water partition coefficient (Wildman–Crippen LogP) is 3.48. The summed E-state index contributed by atoms with van der Waals surface area (Å²) in [5, 5.41) is 14.7. The molecule has 2 rings (SSSR count). The van der Waals surface area contributed by atoms with Crippen molar-refractivity contribution in [3.63, 3.8) is 0 Å². The number of anilines is 2. The molecule has 2 N–H and O–H groups in total. The normalized spacial score (nSPS) is 10.3. The number of halogens is 1. The minimum absolute atomic E-state index is 0.0697. The highest BCUT2D eigenvalue weighted by molar-refractivity contribution is 7.13. The van der Waals surface area contributed by atoms with Gasteiger partial charge in [-0.15, -0.1) is 11.3 Å². The first-order chi connectivity index (χ1) is 8.54. The fourth-order valence-corrected chi connectivity index (χ4v) is 2.34. The molecule has 0 aliphatic heterocycles. The molecular formula is C12H11ClN2O2S. The van der Waals surface area contributed by atoms with Crippen molar-refractivity contribution in [2.24, 2.45) is 0 Å². The first-order valence-electron chi connectivity index (χ1n) is 5.24. The van der Waals surface area contributed by atoms with E-state index in [-0.39, 0.29) is 6.42 Å². The molecule has 0 radical (unpaired) electrons. The summed E-state index contributed by atoms with van der Waals surface area (Å²) in [6.45, 7) is 1.97. The third-order valence-corrected chi connectivity index (χ3v) is 3.38. The Hall–Kier alpha value is -1.59. The first-order valence-corrected chi connectivity index (χ1v) is 6.50. The number of aliphatic carboxylic acids is 1. The van der Waals surface area contributed by atoms with Crippen LogP contribution in [0.1, 0.15) is 11.3 Å². The zero-order valence-electron chi connectivity index (χ0n) is 9.61. The molecule has 0 spiro atoms. The number of nitrogens with zero attached hydrogens (tertiary/aromatic N) is 1. The Morgan fingerprint density at radius 3 is 3.06 bits per heavy atom. The number of hydrogen-bond donors (Lipinski definition) is 2. The lowest BCUT2D eigenvalue weighted by molar-refractivity contribution is -0.136. The third-order valence-electron chi connectivity index (χ3n) is 2.25. The molecule has 0 saturated carbocycles. The van der Waals surface area contributed by atoms with E-state index in [0.29, 0.717) is 15.8 Å². The van der Waals surface area contributed by atoms with Crippen LogP contribution in [0.25, 0.3) is 0 Å². The Morgan fingerprint density at radius 1 is 1.56 bits per heavy atom. The van der Waals surface area contributed by atoms with Gasteiger partial charge >= 0.3 is 5.97 Å². The maximum absolute atomic E-state index is 10.6. The number of hydrogen-bond acceptors (Lipinski definition) is 4. The van der Waals surface area contributed by atoms with Crippen LogP contribution < -0.4 is 5.32 Å². The topological polar surface area (TPSA) is 62.2 Å². The van der Waals surface area contributed by atoms with Crippen molar-refractivity contribution in [1.82, 2.24) is 4.98 Å². The predicted molar refractivity (Wildman–Crippen MR) is 72.9 cm³/mol. The molecule has 0 unspecified atom stereocenters. The second-order valence-electron chi connectivity index (χ2n) is 3.82. The van der Waals surface area contributed by atoms with Gasteiger partial charge in [-0.3, -0.25) is 4.79 Å². The summed E-state index contributed by atoms with van der Waals surface area (Å²) in [6, 6.07) is 5.65. The van der Waals surface area contributed by atoms with Crippen LogP contribution in [0.15, 0.2) is 23.6 Å². The summed E-state index contributed by atoms with van der Waals surface area (Å²) in [6.07, 6.45) is -0.0697. The summed E-state index contributed by atoms with van der Waals surface area (Å²) in [5.74, 6) is -0.888. The second kappa shape index (κ2) is 5.37. The number of nitrogens with one attached hydrogen (secondary N) is 1. The van der Waals surface area contributed by atoms with E-state index in [1.807, 2.05) is 25.1 Å². The number of carboxylic acids is 1. The van der Waals surface area contributed by atoms with E-state index in [2.05, 4.69) is 10.3 Å². The number of aromatic nitrogens is 1. The van der Waals surface area contributed by atoms with Crippen LogP contribution in [0.4, 0.5) is 10.8 Å². The molecule has 0 bridgehead atoms. The Kier molecular flexibility index (Phi) is 3.84. The zero-order valence-corrected chi connectivity index (χ0v) is 11.2. The highest BCUT2D eigenvalue weighted by Gasteiger charge is 2.07. The molecule has 18 heavy (non-hydrogen) atoms. The third kappa shape index (κ3) is 3.21. The van der Waals surface area contributed by atoms with E-state index < -0.39 is 5.97 Å². The SMILES string of the molecule is Cc1ccc(Cl)c(Nc2nc(CC(=O)O)cs2)c1. The second-order valence-corrected chi connectivity index (χ2v) is 5.09. The summed E-state index contributed by atoms with van der Waals surface area (Å²) in [4.78, 5) is 14.7. The van der Waals surface area contributed by atoms with Crippen molar-refractivity contribution in [2.45, 2.75) is 13.3 Å². The molecule has 4 nitrogen and oxygen atoms in total. The van der Waals surface area contributed by atoms with Gasteiger partial charge in [-0.1, -0.05) is 17.7 Å². The minimum Gasteiger partial charge on any atom is -0.481 e. The Balaban J connectivity index is 2.16. The molecule has 94 valence electrons. The summed E-state index contributed by atoms with van der Waals surface area (Å²) < 4.78 is 0. The minimum atomic E-state index is -0.888. The van der Waals surface area contributed by atoms with Crippen LogP contribution in [-0.2, 0) is 11.2 Å². The highest BCUT2D eigenvalue weighted by atomic mass is 35.5. The van der Waals surface area contributed by atoms with Crippen LogP contribution in [0, 0.1) is 6.92 Å². The molecule has 2 aromatic rings. The number of benzene rings is 1. The first kappa shape index (κ1) is 12.9. The Labute approximate surface area is 113 Å². The Bertz CT molecular complexity index is 583. The molecule has 0 atom stereocenters. The van der Waals surface area contributed by atoms with E-state index in [0.717, 1.165) is 11.3 Å². The molecule has 0 aliphatic rings. The lowest BCUT2D eigenvalue weighted by atomic mass is 10.2. The van der Waals surface area contributed by atoms with Gasteiger partial charge in [0, 0.05) is 5.38 Å². The van der Waals surface area contributed by atoms with Gasteiger partial charge in [0.15, 0.2) is 5.13 Å². The van der Waals surface area contributed by atoms with Crippen LogP contribution in [0.5, 0.6) is 0 Å². The van der Waals surface area contributed by atoms with Gasteiger partial charge < -0.3 is 10.4 Å². The van der Waals surface area contributed by atoms with E-state index in [4.69, 9.17) is 16.7 Å². The van der Waals surface area contributed by atoms with E-state index in [1.165, 1.54) is 11.3 Å². The van der Waals surface area contributed by atoms with Crippen LogP contribution in [0.3, 0.4) is 0 Å². The molecule has 0 saturated heterocycles. The quantitative estimate of drug-likeness (QED) is 0.901. The van der Waals surface area contributed by atoms with Gasteiger partial charge in [0.1, 0.15) is 0 Å². The van der Waals surface area contributed by atoms with Crippen LogP contribution >= 0.6 is 22.9 Å². The van der Waals surface area contributed by atoms with Gasteiger partial charge in [0.25, 0.3) is 0 Å². The van der Waals surface area contributed by atoms with Crippen LogP contribution in [-0.4, -0.2) is 16.1 Å².